The third kappa shape index (κ3) is 4.73. The number of amides is 1. The number of anilines is 1. The first-order chi connectivity index (χ1) is 13.2. The van der Waals surface area contributed by atoms with Crippen LogP contribution in [0, 0.1) is 6.92 Å². The smallest absolute Gasteiger partial charge is 0.246 e. The molecule has 0 saturated heterocycles. The Labute approximate surface area is 165 Å². The van der Waals surface area contributed by atoms with Crippen molar-refractivity contribution in [2.75, 3.05) is 40.2 Å². The van der Waals surface area contributed by atoms with Crippen LogP contribution in [0.15, 0.2) is 41.3 Å². The van der Waals surface area contributed by atoms with E-state index in [0.717, 1.165) is 9.87 Å². The molecule has 2 rings (SSSR count). The predicted molar refractivity (Wildman–Crippen MR) is 106 cm³/mol. The van der Waals surface area contributed by atoms with E-state index in [4.69, 9.17) is 14.2 Å². The lowest BCUT2D eigenvalue weighted by Crippen LogP contribution is -2.35. The molecular formula is C19H24N2O6S. The summed E-state index contributed by atoms with van der Waals surface area (Å²) in [7, 11) is 1.77. The van der Waals surface area contributed by atoms with Gasteiger partial charge in [0.1, 0.15) is 22.1 Å². The fourth-order valence-electron chi connectivity index (χ4n) is 2.54. The second-order valence-electron chi connectivity index (χ2n) is 6.03. The van der Waals surface area contributed by atoms with Gasteiger partial charge in [-0.2, -0.15) is 4.31 Å². The number of likely N-dealkylation sites (N-methyl/N-ethyl adjacent to an activating group) is 1. The molecule has 152 valence electrons. The van der Waals surface area contributed by atoms with Gasteiger partial charge in [0.25, 0.3) is 0 Å². The molecule has 0 spiro atoms. The van der Waals surface area contributed by atoms with Gasteiger partial charge < -0.3 is 19.5 Å². The first-order valence-corrected chi connectivity index (χ1v) is 9.79. The molecule has 0 aliphatic heterocycles. The van der Waals surface area contributed by atoms with Crippen LogP contribution in [0.2, 0.25) is 0 Å². The van der Waals surface area contributed by atoms with E-state index in [1.54, 1.807) is 37.3 Å². The average molecular weight is 408 g/mol. The molecule has 0 saturated carbocycles. The van der Waals surface area contributed by atoms with Crippen molar-refractivity contribution in [1.82, 2.24) is 4.31 Å². The summed E-state index contributed by atoms with van der Waals surface area (Å²) in [5.41, 5.74) is 1.14. The maximum absolute atomic E-state index is 12.9. The summed E-state index contributed by atoms with van der Waals surface area (Å²) >= 11 is 0. The van der Waals surface area contributed by atoms with Crippen LogP contribution in [0.4, 0.5) is 5.69 Å². The van der Waals surface area contributed by atoms with Gasteiger partial charge in [0.2, 0.25) is 15.9 Å². The Bertz CT molecular complexity index is 959. The number of methoxy groups -OCH3 is 3. The van der Waals surface area contributed by atoms with Gasteiger partial charge in [-0.05, 0) is 36.8 Å². The van der Waals surface area contributed by atoms with Gasteiger partial charge in [-0.1, -0.05) is 6.07 Å². The summed E-state index contributed by atoms with van der Waals surface area (Å²) in [6.45, 7) is 1.39. The number of sulfonamides is 1. The number of carbonyl (C=O) groups excluding carboxylic acids is 1. The Morgan fingerprint density at radius 2 is 1.64 bits per heavy atom. The minimum atomic E-state index is -3.93. The van der Waals surface area contributed by atoms with Gasteiger partial charge in [-0.25, -0.2) is 8.42 Å². The van der Waals surface area contributed by atoms with E-state index in [0.29, 0.717) is 17.2 Å². The highest BCUT2D eigenvalue weighted by atomic mass is 32.2. The van der Waals surface area contributed by atoms with E-state index in [1.165, 1.54) is 34.4 Å². The summed E-state index contributed by atoms with van der Waals surface area (Å²) in [6, 6.07) is 9.76. The van der Waals surface area contributed by atoms with E-state index in [2.05, 4.69) is 5.32 Å². The van der Waals surface area contributed by atoms with Gasteiger partial charge in [0, 0.05) is 13.1 Å². The number of ether oxygens (including phenoxy) is 3. The Kier molecular flexibility index (Phi) is 6.87. The van der Waals surface area contributed by atoms with Gasteiger partial charge in [-0.15, -0.1) is 0 Å². The van der Waals surface area contributed by atoms with Crippen LogP contribution in [-0.4, -0.2) is 53.6 Å². The Hall–Kier alpha value is -2.78. The summed E-state index contributed by atoms with van der Waals surface area (Å²) in [6.07, 6.45) is 0. The summed E-state index contributed by atoms with van der Waals surface area (Å²) in [5, 5.41) is 2.65. The lowest BCUT2D eigenvalue weighted by atomic mass is 10.2. The minimum Gasteiger partial charge on any atom is -0.497 e. The van der Waals surface area contributed by atoms with Crippen LogP contribution in [0.5, 0.6) is 17.2 Å². The number of nitrogens with zero attached hydrogens (tertiary/aromatic N) is 1. The maximum Gasteiger partial charge on any atom is 0.246 e. The van der Waals surface area contributed by atoms with Gasteiger partial charge >= 0.3 is 0 Å². The Balaban J connectivity index is 2.22. The van der Waals surface area contributed by atoms with Crippen LogP contribution < -0.4 is 19.5 Å². The second kappa shape index (κ2) is 8.94. The largest absolute Gasteiger partial charge is 0.497 e. The van der Waals surface area contributed by atoms with Crippen molar-refractivity contribution in [1.29, 1.82) is 0 Å². The number of aryl methyl sites for hydroxylation is 1. The highest BCUT2D eigenvalue weighted by Gasteiger charge is 2.27. The monoisotopic (exact) mass is 408 g/mol. The summed E-state index contributed by atoms with van der Waals surface area (Å²) < 4.78 is 42.3. The molecule has 0 aliphatic rings. The quantitative estimate of drug-likeness (QED) is 0.720. The molecule has 2 aromatic rings. The lowest BCUT2D eigenvalue weighted by Gasteiger charge is -2.19. The van der Waals surface area contributed by atoms with Crippen molar-refractivity contribution in [3.63, 3.8) is 0 Å². The lowest BCUT2D eigenvalue weighted by molar-refractivity contribution is -0.116. The van der Waals surface area contributed by atoms with Crippen molar-refractivity contribution in [2.24, 2.45) is 0 Å². The van der Waals surface area contributed by atoms with Gasteiger partial charge in [0.05, 0.1) is 33.6 Å². The van der Waals surface area contributed by atoms with Crippen LogP contribution in [-0.2, 0) is 14.8 Å². The highest BCUT2D eigenvalue weighted by Crippen LogP contribution is 2.29. The number of nitrogens with one attached hydrogen (secondary N) is 1. The molecule has 0 bridgehead atoms. The van der Waals surface area contributed by atoms with Crippen molar-refractivity contribution < 1.29 is 27.4 Å². The molecule has 0 aromatic heterocycles. The Morgan fingerprint density at radius 1 is 1.00 bits per heavy atom. The zero-order valence-electron chi connectivity index (χ0n) is 16.5. The first-order valence-electron chi connectivity index (χ1n) is 8.35. The highest BCUT2D eigenvalue weighted by molar-refractivity contribution is 7.89. The molecule has 0 unspecified atom stereocenters. The number of benzene rings is 2. The molecule has 1 amide bonds. The van der Waals surface area contributed by atoms with Crippen LogP contribution in [0.3, 0.4) is 0 Å². The van der Waals surface area contributed by atoms with Gasteiger partial charge in [0.15, 0.2) is 0 Å². The van der Waals surface area contributed by atoms with E-state index >= 15 is 0 Å². The second-order valence-corrected chi connectivity index (χ2v) is 8.04. The molecule has 28 heavy (non-hydrogen) atoms. The molecule has 0 heterocycles. The number of hydrogen-bond acceptors (Lipinski definition) is 6. The molecule has 0 radical (unpaired) electrons. The zero-order valence-corrected chi connectivity index (χ0v) is 17.3. The fraction of sp³-hybridized carbons (Fsp3) is 0.316. The van der Waals surface area contributed by atoms with Crippen LogP contribution in [0.25, 0.3) is 0 Å². The number of carbonyl (C=O) groups is 1. The van der Waals surface area contributed by atoms with Crippen molar-refractivity contribution >= 4 is 21.6 Å². The molecule has 0 atom stereocenters. The summed E-state index contributed by atoms with van der Waals surface area (Å²) in [5.74, 6) is 0.651. The molecule has 0 aliphatic carbocycles. The zero-order chi connectivity index (χ0) is 20.9. The third-order valence-electron chi connectivity index (χ3n) is 4.05. The SMILES string of the molecule is COc1ccc(OC)c(NC(=O)CN(C)S(=O)(=O)c2cc(C)ccc2OC)c1. The molecule has 8 nitrogen and oxygen atoms in total. The van der Waals surface area contributed by atoms with E-state index in [1.807, 2.05) is 0 Å². The third-order valence-corrected chi connectivity index (χ3v) is 5.88. The molecule has 1 N–H and O–H groups in total. The molecule has 2 aromatic carbocycles. The number of rotatable bonds is 8. The Morgan fingerprint density at radius 3 is 2.25 bits per heavy atom. The van der Waals surface area contributed by atoms with Crippen molar-refractivity contribution in [3.05, 3.63) is 42.0 Å². The molecule has 9 heteroatoms. The van der Waals surface area contributed by atoms with Crippen LogP contribution in [0.1, 0.15) is 5.56 Å². The summed E-state index contributed by atoms with van der Waals surface area (Å²) in [4.78, 5) is 12.4. The standard InChI is InChI=1S/C19H24N2O6S/c1-13-6-8-17(27-5)18(10-13)28(23,24)21(2)12-19(22)20-15-11-14(25-3)7-9-16(15)26-4/h6-11H,12H2,1-5H3,(H,20,22). The van der Waals surface area contributed by atoms with E-state index in [-0.39, 0.29) is 17.2 Å². The number of hydrogen-bond donors (Lipinski definition) is 1. The van der Waals surface area contributed by atoms with Crippen molar-refractivity contribution in [3.8, 4) is 17.2 Å². The van der Waals surface area contributed by atoms with E-state index in [9.17, 15) is 13.2 Å². The molecule has 0 fully saturated rings. The molecular weight excluding hydrogens is 384 g/mol. The van der Waals surface area contributed by atoms with Gasteiger partial charge in [-0.3, -0.25) is 4.79 Å². The topological polar surface area (TPSA) is 94.2 Å². The van der Waals surface area contributed by atoms with Crippen molar-refractivity contribution in [2.45, 2.75) is 11.8 Å². The predicted octanol–water partition coefficient (Wildman–Crippen LogP) is 2.28. The van der Waals surface area contributed by atoms with E-state index < -0.39 is 15.9 Å². The fourth-order valence-corrected chi connectivity index (χ4v) is 3.91. The minimum absolute atomic E-state index is 0.00395. The maximum atomic E-state index is 12.9. The normalized spacial score (nSPS) is 11.2. The first kappa shape index (κ1) is 21.5. The average Bonchev–Trinajstić information content (AvgIpc) is 2.67. The van der Waals surface area contributed by atoms with Crippen LogP contribution >= 0.6 is 0 Å².